The average Bonchev–Trinajstić information content (AvgIpc) is 3.43. The van der Waals surface area contributed by atoms with Crippen molar-refractivity contribution in [2.75, 3.05) is 18.0 Å². The van der Waals surface area contributed by atoms with Crippen LogP contribution in [0.2, 0.25) is 0 Å². The van der Waals surface area contributed by atoms with Crippen LogP contribution in [0.25, 0.3) is 5.65 Å². The van der Waals surface area contributed by atoms with Crippen molar-refractivity contribution in [3.05, 3.63) is 81.9 Å². The first-order valence-corrected chi connectivity index (χ1v) is 16.5. The van der Waals surface area contributed by atoms with Gasteiger partial charge in [0.05, 0.1) is 12.0 Å². The first-order valence-electron chi connectivity index (χ1n) is 15.0. The lowest BCUT2D eigenvalue weighted by Gasteiger charge is -2.36. The molecule has 0 bridgehead atoms. The van der Waals surface area contributed by atoms with Crippen molar-refractivity contribution in [3.8, 4) is 0 Å². The minimum Gasteiger partial charge on any atom is -0.481 e. The molecule has 0 radical (unpaired) electrons. The third-order valence-corrected chi connectivity index (χ3v) is 10.9. The van der Waals surface area contributed by atoms with Crippen molar-refractivity contribution >= 4 is 27.5 Å². The monoisotopic (exact) mass is 696 g/mol. The summed E-state index contributed by atoms with van der Waals surface area (Å²) < 4.78 is 112. The van der Waals surface area contributed by atoms with Gasteiger partial charge in [-0.2, -0.15) is 30.6 Å². The molecule has 1 N–H and O–H groups in total. The standard InChI is InChI=1S/C31H30F6N6O4S/c1-17-6-7-19(24(13-26(44)45)23-8-10-43-27(18(23)2)39-40-29(43)31(35,36)37)11-20(17)15-41-16-22-5-3-4-9-42(22)28-25(48(41,46)47)12-21(14-38-28)30(32,33)34/h6-8,10-12,14,22,24H,3-5,9,13,15-16H2,1-2H3,(H,44,45)/t22-,24+/m1/s1. The Morgan fingerprint density at radius 3 is 2.48 bits per heavy atom. The molecule has 2 atom stereocenters. The molecular weight excluding hydrogens is 666 g/mol. The Labute approximate surface area is 271 Å². The molecule has 256 valence electrons. The zero-order valence-corrected chi connectivity index (χ0v) is 26.5. The van der Waals surface area contributed by atoms with Gasteiger partial charge in [0, 0.05) is 44.0 Å². The number of pyridine rings is 2. The molecule has 3 aromatic heterocycles. The van der Waals surface area contributed by atoms with E-state index in [1.807, 2.05) is 0 Å². The van der Waals surface area contributed by atoms with E-state index in [2.05, 4.69) is 15.2 Å². The van der Waals surface area contributed by atoms with Crippen LogP contribution in [0.4, 0.5) is 32.2 Å². The van der Waals surface area contributed by atoms with Crippen LogP contribution in [-0.2, 0) is 33.7 Å². The fourth-order valence-electron chi connectivity index (χ4n) is 6.61. The molecule has 2 aliphatic rings. The minimum atomic E-state index is -4.82. The normalized spacial score (nSPS) is 19.1. The van der Waals surface area contributed by atoms with E-state index in [0.29, 0.717) is 47.5 Å². The van der Waals surface area contributed by atoms with E-state index in [4.69, 9.17) is 0 Å². The first kappa shape index (κ1) is 33.6. The Balaban J connectivity index is 1.42. The van der Waals surface area contributed by atoms with Gasteiger partial charge in [-0.3, -0.25) is 9.20 Å². The molecule has 0 unspecified atom stereocenters. The number of carbonyl (C=O) groups is 1. The SMILES string of the molecule is Cc1ccc([C@H](CC(=O)O)c2ccn3c(C(F)(F)F)nnc3c2C)cc1CN1C[C@H]2CCCCN2c2ncc(C(F)(F)F)cc2S1(=O)=O. The number of anilines is 1. The third kappa shape index (κ3) is 6.08. The summed E-state index contributed by atoms with van der Waals surface area (Å²) in [6.45, 7) is 3.45. The topological polar surface area (TPSA) is 121 Å². The van der Waals surface area contributed by atoms with Crippen LogP contribution in [0, 0.1) is 13.8 Å². The Morgan fingerprint density at radius 2 is 1.79 bits per heavy atom. The number of carboxylic acids is 1. The molecule has 10 nitrogen and oxygen atoms in total. The van der Waals surface area contributed by atoms with Crippen molar-refractivity contribution in [2.45, 2.75) is 75.3 Å². The van der Waals surface area contributed by atoms with E-state index in [0.717, 1.165) is 27.7 Å². The number of nitrogens with zero attached hydrogens (tertiary/aromatic N) is 6. The maximum atomic E-state index is 14.1. The van der Waals surface area contributed by atoms with Crippen molar-refractivity contribution in [1.82, 2.24) is 23.9 Å². The highest BCUT2D eigenvalue weighted by Gasteiger charge is 2.42. The molecule has 4 aromatic rings. The van der Waals surface area contributed by atoms with Crippen LogP contribution in [-0.4, -0.2) is 62.5 Å². The Morgan fingerprint density at radius 1 is 1.04 bits per heavy atom. The lowest BCUT2D eigenvalue weighted by atomic mass is 9.85. The van der Waals surface area contributed by atoms with Gasteiger partial charge in [-0.15, -0.1) is 10.2 Å². The number of carboxylic acid groups (broad SMARTS) is 1. The highest BCUT2D eigenvalue weighted by atomic mass is 32.2. The molecule has 1 aromatic carbocycles. The van der Waals surface area contributed by atoms with E-state index in [1.54, 1.807) is 30.0 Å². The molecule has 0 spiro atoms. The van der Waals surface area contributed by atoms with Crippen LogP contribution in [0.1, 0.15) is 70.8 Å². The average molecular weight is 697 g/mol. The Bertz CT molecular complexity index is 2010. The fourth-order valence-corrected chi connectivity index (χ4v) is 8.24. The summed E-state index contributed by atoms with van der Waals surface area (Å²) in [5.74, 6) is -3.30. The van der Waals surface area contributed by atoms with Gasteiger partial charge >= 0.3 is 18.3 Å². The number of hydrogen-bond acceptors (Lipinski definition) is 7. The summed E-state index contributed by atoms with van der Waals surface area (Å²) in [6.07, 6.45) is -6.13. The lowest BCUT2D eigenvalue weighted by molar-refractivity contribution is -0.145. The molecule has 0 amide bonds. The second kappa shape index (κ2) is 12.0. The van der Waals surface area contributed by atoms with Crippen LogP contribution in [0.5, 0.6) is 0 Å². The van der Waals surface area contributed by atoms with Crippen molar-refractivity contribution in [3.63, 3.8) is 0 Å². The predicted octanol–water partition coefficient (Wildman–Crippen LogP) is 5.95. The zero-order valence-electron chi connectivity index (χ0n) is 25.7. The van der Waals surface area contributed by atoms with Gasteiger partial charge in [0.2, 0.25) is 15.8 Å². The smallest absolute Gasteiger partial charge is 0.452 e. The molecule has 1 saturated heterocycles. The molecule has 1 fully saturated rings. The van der Waals surface area contributed by atoms with E-state index >= 15 is 0 Å². The fraction of sp³-hybridized carbons (Fsp3) is 0.419. The maximum Gasteiger partial charge on any atom is 0.452 e. The number of alkyl halides is 6. The van der Waals surface area contributed by atoms with E-state index in [-0.39, 0.29) is 36.2 Å². The van der Waals surface area contributed by atoms with Crippen LogP contribution < -0.4 is 4.90 Å². The summed E-state index contributed by atoms with van der Waals surface area (Å²) in [5.41, 5.74) is 0.978. The van der Waals surface area contributed by atoms with Crippen LogP contribution in [0.3, 0.4) is 0 Å². The molecule has 6 rings (SSSR count). The van der Waals surface area contributed by atoms with Gasteiger partial charge in [-0.1, -0.05) is 18.2 Å². The van der Waals surface area contributed by atoms with Crippen LogP contribution >= 0.6 is 0 Å². The zero-order chi connectivity index (χ0) is 34.8. The second-order valence-electron chi connectivity index (χ2n) is 12.1. The second-order valence-corrected chi connectivity index (χ2v) is 14.0. The molecule has 2 aliphatic heterocycles. The molecule has 0 saturated carbocycles. The molecule has 17 heteroatoms. The number of aromatic nitrogens is 4. The number of aryl methyl sites for hydroxylation is 2. The first-order chi connectivity index (χ1) is 22.5. The van der Waals surface area contributed by atoms with Gasteiger partial charge in [0.1, 0.15) is 10.7 Å². The van der Waals surface area contributed by atoms with Crippen molar-refractivity contribution < 1.29 is 44.7 Å². The number of aliphatic carboxylic acids is 1. The highest BCUT2D eigenvalue weighted by Crippen LogP contribution is 2.40. The van der Waals surface area contributed by atoms with Gasteiger partial charge in [0.25, 0.3) is 0 Å². The highest BCUT2D eigenvalue weighted by molar-refractivity contribution is 7.89. The Kier molecular flexibility index (Phi) is 8.42. The van der Waals surface area contributed by atoms with E-state index in [1.165, 1.54) is 13.0 Å². The van der Waals surface area contributed by atoms with Crippen molar-refractivity contribution in [2.24, 2.45) is 0 Å². The number of halogens is 6. The predicted molar refractivity (Wildman–Crippen MR) is 160 cm³/mol. The number of rotatable bonds is 6. The molecule has 48 heavy (non-hydrogen) atoms. The summed E-state index contributed by atoms with van der Waals surface area (Å²) >= 11 is 0. The summed E-state index contributed by atoms with van der Waals surface area (Å²) in [4.78, 5) is 17.3. The summed E-state index contributed by atoms with van der Waals surface area (Å²) in [7, 11) is -4.50. The molecular formula is C31H30F6N6O4S. The minimum absolute atomic E-state index is 0.00748. The number of fused-ring (bicyclic) bond motifs is 4. The number of hydrogen-bond donors (Lipinski definition) is 1. The largest absolute Gasteiger partial charge is 0.481 e. The van der Waals surface area contributed by atoms with Crippen LogP contribution in [0.15, 0.2) is 47.6 Å². The number of piperidine rings is 1. The summed E-state index contributed by atoms with van der Waals surface area (Å²) in [5, 5.41) is 16.8. The third-order valence-electron chi connectivity index (χ3n) is 9.09. The van der Waals surface area contributed by atoms with Gasteiger partial charge in [0.15, 0.2) is 5.65 Å². The molecule has 0 aliphatic carbocycles. The van der Waals surface area contributed by atoms with Gasteiger partial charge < -0.3 is 10.0 Å². The summed E-state index contributed by atoms with van der Waals surface area (Å²) in [6, 6.07) is 6.66. The van der Waals surface area contributed by atoms with E-state index < -0.39 is 57.0 Å². The van der Waals surface area contributed by atoms with E-state index in [9.17, 15) is 44.7 Å². The number of benzene rings is 1. The maximum absolute atomic E-state index is 14.1. The van der Waals surface area contributed by atoms with Gasteiger partial charge in [-0.05, 0) is 73.1 Å². The molecule has 5 heterocycles. The Hall–Kier alpha value is -4.25. The number of sulfonamides is 1. The lowest BCUT2D eigenvalue weighted by Crippen LogP contribution is -2.45. The van der Waals surface area contributed by atoms with Gasteiger partial charge in [-0.25, -0.2) is 13.4 Å². The quantitative estimate of drug-likeness (QED) is 0.246. The van der Waals surface area contributed by atoms with Crippen molar-refractivity contribution in [1.29, 1.82) is 0 Å².